The molecule has 1 heterocycles. The maximum Gasteiger partial charge on any atom is 0.148 e. The van der Waals surface area contributed by atoms with Crippen molar-refractivity contribution in [3.8, 4) is 0 Å². The summed E-state index contributed by atoms with van der Waals surface area (Å²) in [7, 11) is 1.75. The highest BCUT2D eigenvalue weighted by atomic mass is 32.2. The molecule has 0 aromatic heterocycles. The van der Waals surface area contributed by atoms with Gasteiger partial charge in [0.2, 0.25) is 0 Å². The van der Waals surface area contributed by atoms with Crippen molar-refractivity contribution in [1.29, 1.82) is 0 Å². The number of carbonyl (C=O) groups is 1. The number of carbonyl (C=O) groups excluding carboxylic acids is 1. The summed E-state index contributed by atoms with van der Waals surface area (Å²) in [6.07, 6.45) is 7.62. The van der Waals surface area contributed by atoms with E-state index in [1.54, 1.807) is 7.11 Å². The summed E-state index contributed by atoms with van der Waals surface area (Å²) in [5.41, 5.74) is -0.0743. The summed E-state index contributed by atoms with van der Waals surface area (Å²) in [6, 6.07) is 0. The Hall–Kier alpha value is -0.0200. The molecule has 1 saturated heterocycles. The summed E-state index contributed by atoms with van der Waals surface area (Å²) < 4.78 is 5.51. The molecule has 2 fully saturated rings. The second-order valence-corrected chi connectivity index (χ2v) is 6.05. The molecule has 0 spiro atoms. The van der Waals surface area contributed by atoms with Crippen molar-refractivity contribution >= 4 is 17.5 Å². The largest absolute Gasteiger partial charge is 0.378 e. The molecular weight excluding hydrogens is 208 g/mol. The maximum absolute atomic E-state index is 12.1. The lowest BCUT2D eigenvalue weighted by Crippen LogP contribution is -2.43. The van der Waals surface area contributed by atoms with E-state index >= 15 is 0 Å². The molecule has 0 aromatic carbocycles. The van der Waals surface area contributed by atoms with Crippen LogP contribution >= 0.6 is 11.8 Å². The molecule has 3 heteroatoms. The predicted molar refractivity (Wildman–Crippen MR) is 63.3 cm³/mol. The zero-order valence-corrected chi connectivity index (χ0v) is 10.3. The van der Waals surface area contributed by atoms with Crippen molar-refractivity contribution in [3.63, 3.8) is 0 Å². The fourth-order valence-corrected chi connectivity index (χ4v) is 3.71. The van der Waals surface area contributed by atoms with Gasteiger partial charge in [0.1, 0.15) is 5.78 Å². The topological polar surface area (TPSA) is 26.3 Å². The third kappa shape index (κ3) is 2.56. The van der Waals surface area contributed by atoms with Gasteiger partial charge in [-0.05, 0) is 37.9 Å². The Labute approximate surface area is 96.1 Å². The second-order valence-electron chi connectivity index (χ2n) is 4.74. The van der Waals surface area contributed by atoms with Crippen LogP contribution in [-0.4, -0.2) is 29.5 Å². The minimum absolute atomic E-state index is 0.0743. The monoisotopic (exact) mass is 228 g/mol. The van der Waals surface area contributed by atoms with Crippen LogP contribution in [-0.2, 0) is 9.53 Å². The van der Waals surface area contributed by atoms with Gasteiger partial charge in [-0.25, -0.2) is 0 Å². The molecule has 0 radical (unpaired) electrons. The summed E-state index contributed by atoms with van der Waals surface area (Å²) in [5.74, 6) is 1.59. The molecule has 1 atom stereocenters. The molecule has 1 unspecified atom stereocenters. The lowest BCUT2D eigenvalue weighted by Gasteiger charge is -2.40. The minimum atomic E-state index is -0.0743. The van der Waals surface area contributed by atoms with Crippen LogP contribution in [0.1, 0.15) is 44.9 Å². The molecule has 0 aromatic rings. The van der Waals surface area contributed by atoms with Gasteiger partial charge < -0.3 is 4.74 Å². The molecule has 0 bridgehead atoms. The second kappa shape index (κ2) is 4.88. The molecule has 2 rings (SSSR count). The molecule has 0 N–H and O–H groups in total. The van der Waals surface area contributed by atoms with Crippen LogP contribution in [0.4, 0.5) is 0 Å². The smallest absolute Gasteiger partial charge is 0.148 e. The predicted octanol–water partition coefficient (Wildman–Crippen LogP) is 2.80. The van der Waals surface area contributed by atoms with Gasteiger partial charge in [0.25, 0.3) is 0 Å². The van der Waals surface area contributed by atoms with Crippen molar-refractivity contribution < 1.29 is 9.53 Å². The Bertz CT molecular complexity index is 224. The van der Waals surface area contributed by atoms with E-state index in [9.17, 15) is 4.79 Å². The van der Waals surface area contributed by atoms with Crippen molar-refractivity contribution in [3.05, 3.63) is 0 Å². The van der Waals surface area contributed by atoms with Gasteiger partial charge >= 0.3 is 0 Å². The number of ketones is 1. The van der Waals surface area contributed by atoms with Crippen LogP contribution in [0.5, 0.6) is 0 Å². The first-order valence-electron chi connectivity index (χ1n) is 5.95. The fraction of sp³-hybridized carbons (Fsp3) is 0.917. The minimum Gasteiger partial charge on any atom is -0.378 e. The van der Waals surface area contributed by atoms with E-state index in [-0.39, 0.29) is 10.9 Å². The number of thioether (sulfide) groups is 1. The third-order valence-electron chi connectivity index (χ3n) is 3.73. The van der Waals surface area contributed by atoms with Gasteiger partial charge in [-0.3, -0.25) is 4.79 Å². The standard InChI is InChI=1S/C12H20O2S/c1-14-12(6-4-7-12)9-10(13)11-5-2-3-8-15-11/h11H,2-9H2,1H3. The maximum atomic E-state index is 12.1. The van der Waals surface area contributed by atoms with Crippen LogP contribution in [0.2, 0.25) is 0 Å². The first-order chi connectivity index (χ1) is 7.26. The summed E-state index contributed by atoms with van der Waals surface area (Å²) in [4.78, 5) is 12.1. The summed E-state index contributed by atoms with van der Waals surface area (Å²) in [6.45, 7) is 0. The average Bonchev–Trinajstić information content (AvgIpc) is 2.24. The Morgan fingerprint density at radius 2 is 2.20 bits per heavy atom. The van der Waals surface area contributed by atoms with Crippen molar-refractivity contribution in [1.82, 2.24) is 0 Å². The fourth-order valence-electron chi connectivity index (χ4n) is 2.45. The number of hydrogen-bond donors (Lipinski definition) is 0. The van der Waals surface area contributed by atoms with Crippen molar-refractivity contribution in [2.45, 2.75) is 55.8 Å². The zero-order chi connectivity index (χ0) is 10.7. The molecule has 2 aliphatic rings. The molecule has 0 amide bonds. The molecule has 2 nitrogen and oxygen atoms in total. The summed E-state index contributed by atoms with van der Waals surface area (Å²) >= 11 is 1.85. The van der Waals surface area contributed by atoms with E-state index in [1.165, 1.54) is 19.3 Å². The van der Waals surface area contributed by atoms with Crippen molar-refractivity contribution in [2.75, 3.05) is 12.9 Å². The molecule has 15 heavy (non-hydrogen) atoms. The van der Waals surface area contributed by atoms with E-state index in [0.29, 0.717) is 12.2 Å². The van der Waals surface area contributed by atoms with Gasteiger partial charge in [0.15, 0.2) is 0 Å². The molecule has 1 aliphatic heterocycles. The molecule has 1 aliphatic carbocycles. The third-order valence-corrected chi connectivity index (χ3v) is 5.16. The number of Topliss-reactive ketones (excluding diaryl/α,β-unsaturated/α-hetero) is 1. The van der Waals surface area contributed by atoms with E-state index in [2.05, 4.69) is 0 Å². The Morgan fingerprint density at radius 1 is 1.40 bits per heavy atom. The molecular formula is C12H20O2S. The van der Waals surface area contributed by atoms with Gasteiger partial charge in [0.05, 0.1) is 10.9 Å². The molecule has 86 valence electrons. The summed E-state index contributed by atoms with van der Waals surface area (Å²) in [5, 5.41) is 0.270. The van der Waals surface area contributed by atoms with Gasteiger partial charge in [-0.2, -0.15) is 11.8 Å². The normalized spacial score (nSPS) is 29.5. The zero-order valence-electron chi connectivity index (χ0n) is 9.46. The lowest BCUT2D eigenvalue weighted by atomic mass is 9.76. The van der Waals surface area contributed by atoms with Crippen molar-refractivity contribution in [2.24, 2.45) is 0 Å². The van der Waals surface area contributed by atoms with Crippen LogP contribution in [0.3, 0.4) is 0 Å². The van der Waals surface area contributed by atoms with Gasteiger partial charge in [-0.1, -0.05) is 6.42 Å². The van der Waals surface area contributed by atoms with Crippen LogP contribution < -0.4 is 0 Å². The van der Waals surface area contributed by atoms with Crippen LogP contribution in [0.15, 0.2) is 0 Å². The highest BCUT2D eigenvalue weighted by Gasteiger charge is 2.40. The Balaban J connectivity index is 1.85. The van der Waals surface area contributed by atoms with E-state index in [0.717, 1.165) is 25.0 Å². The van der Waals surface area contributed by atoms with E-state index < -0.39 is 0 Å². The van der Waals surface area contributed by atoms with Gasteiger partial charge in [0, 0.05) is 13.5 Å². The van der Waals surface area contributed by atoms with Gasteiger partial charge in [-0.15, -0.1) is 0 Å². The highest BCUT2D eigenvalue weighted by molar-refractivity contribution is 8.00. The first-order valence-corrected chi connectivity index (χ1v) is 7.00. The van der Waals surface area contributed by atoms with E-state index in [4.69, 9.17) is 4.74 Å². The average molecular weight is 228 g/mol. The number of rotatable bonds is 4. The van der Waals surface area contributed by atoms with E-state index in [1.807, 2.05) is 11.8 Å². The first kappa shape index (κ1) is 11.5. The lowest BCUT2D eigenvalue weighted by molar-refractivity contribution is -0.131. The Morgan fingerprint density at radius 3 is 2.67 bits per heavy atom. The highest BCUT2D eigenvalue weighted by Crippen LogP contribution is 2.40. The Kier molecular flexibility index (Phi) is 3.73. The number of hydrogen-bond acceptors (Lipinski definition) is 3. The van der Waals surface area contributed by atoms with Crippen LogP contribution in [0.25, 0.3) is 0 Å². The number of methoxy groups -OCH3 is 1. The quantitative estimate of drug-likeness (QED) is 0.740. The van der Waals surface area contributed by atoms with Crippen LogP contribution in [0, 0.1) is 0 Å². The molecule has 1 saturated carbocycles. The SMILES string of the molecule is COC1(CC(=O)C2CCCCS2)CCC1. The number of ether oxygens (including phenoxy) is 1.